The Bertz CT molecular complexity index is 489. The Morgan fingerprint density at radius 3 is 2.81 bits per heavy atom. The van der Waals surface area contributed by atoms with Gasteiger partial charge in [-0.1, -0.05) is 0 Å². The number of hydrogen-bond acceptors (Lipinski definition) is 3. The van der Waals surface area contributed by atoms with E-state index in [9.17, 15) is 4.79 Å². The number of carbonyl (C=O) groups excluding carboxylic acids is 1. The molecule has 0 aromatic carbocycles. The zero-order chi connectivity index (χ0) is 11.4. The molecule has 1 aromatic rings. The maximum Gasteiger partial charge on any atom is 0.136 e. The number of aromatic nitrogens is 2. The first-order valence-corrected chi connectivity index (χ1v) is 5.51. The summed E-state index contributed by atoms with van der Waals surface area (Å²) in [6, 6.07) is 2.07. The van der Waals surface area contributed by atoms with Crippen LogP contribution in [0.25, 0.3) is 0 Å². The van der Waals surface area contributed by atoms with Crippen LogP contribution >= 0.6 is 0 Å². The first-order valence-electron chi connectivity index (χ1n) is 5.51. The predicted molar refractivity (Wildman–Crippen MR) is 56.3 cm³/mol. The topological polar surface area (TPSA) is 58.7 Å². The Morgan fingerprint density at radius 2 is 2.31 bits per heavy atom. The third-order valence-electron chi connectivity index (χ3n) is 4.15. The molecule has 4 nitrogen and oxygen atoms in total. The molecule has 2 bridgehead atoms. The lowest BCUT2D eigenvalue weighted by Gasteiger charge is -2.69. The Balaban J connectivity index is 1.67. The van der Waals surface area contributed by atoms with Gasteiger partial charge in [-0.3, -0.25) is 9.48 Å². The number of rotatable bonds is 3. The summed E-state index contributed by atoms with van der Waals surface area (Å²) in [5.41, 5.74) is 0.920. The van der Waals surface area contributed by atoms with Gasteiger partial charge in [0.2, 0.25) is 0 Å². The Kier molecular flexibility index (Phi) is 1.64. The van der Waals surface area contributed by atoms with Crippen LogP contribution in [0, 0.1) is 22.2 Å². The van der Waals surface area contributed by atoms with E-state index in [0.29, 0.717) is 16.8 Å². The second kappa shape index (κ2) is 2.73. The molecule has 3 fully saturated rings. The van der Waals surface area contributed by atoms with Crippen molar-refractivity contribution in [2.24, 2.45) is 10.8 Å². The Hall–Kier alpha value is -1.63. The summed E-state index contributed by atoms with van der Waals surface area (Å²) in [5, 5.41) is 12.9. The summed E-state index contributed by atoms with van der Waals surface area (Å²) in [6.45, 7) is 2.55. The zero-order valence-corrected chi connectivity index (χ0v) is 9.23. The van der Waals surface area contributed by atoms with E-state index in [1.54, 1.807) is 19.3 Å². The molecule has 1 heterocycles. The van der Waals surface area contributed by atoms with Crippen molar-refractivity contribution in [1.29, 1.82) is 5.26 Å². The summed E-state index contributed by atoms with van der Waals surface area (Å²) >= 11 is 0. The molecule has 0 atom stereocenters. The molecule has 16 heavy (non-hydrogen) atoms. The number of nitriles is 1. The van der Waals surface area contributed by atoms with Crippen LogP contribution in [0.2, 0.25) is 0 Å². The first-order chi connectivity index (χ1) is 7.57. The van der Waals surface area contributed by atoms with E-state index < -0.39 is 0 Å². The summed E-state index contributed by atoms with van der Waals surface area (Å²) in [5.74, 6) is 0.340. The third kappa shape index (κ3) is 1.09. The molecule has 3 saturated carbocycles. The van der Waals surface area contributed by atoms with Crippen molar-refractivity contribution < 1.29 is 4.79 Å². The number of ketones is 1. The first kappa shape index (κ1) is 9.59. The fourth-order valence-electron chi connectivity index (χ4n) is 3.39. The van der Waals surface area contributed by atoms with Crippen molar-refractivity contribution in [3.8, 4) is 6.07 Å². The van der Waals surface area contributed by atoms with Crippen molar-refractivity contribution >= 4 is 5.78 Å². The lowest BCUT2D eigenvalue weighted by molar-refractivity contribution is -0.209. The minimum atomic E-state index is 0.0191. The normalized spacial score (nSPS) is 34.8. The van der Waals surface area contributed by atoms with Gasteiger partial charge in [0, 0.05) is 18.2 Å². The summed E-state index contributed by atoms with van der Waals surface area (Å²) < 4.78 is 1.84. The monoisotopic (exact) mass is 215 g/mol. The zero-order valence-electron chi connectivity index (χ0n) is 9.23. The molecule has 0 unspecified atom stereocenters. The van der Waals surface area contributed by atoms with Gasteiger partial charge in [-0.05, 0) is 31.6 Å². The molecule has 0 saturated heterocycles. The van der Waals surface area contributed by atoms with Crippen LogP contribution in [0.1, 0.15) is 31.7 Å². The number of carbonyl (C=O) groups is 1. The molecule has 82 valence electrons. The molecule has 0 amide bonds. The van der Waals surface area contributed by atoms with Crippen LogP contribution in [0.15, 0.2) is 12.4 Å². The van der Waals surface area contributed by atoms with Crippen molar-refractivity contribution in [2.75, 3.05) is 0 Å². The highest BCUT2D eigenvalue weighted by molar-refractivity contribution is 5.86. The Morgan fingerprint density at radius 1 is 1.62 bits per heavy atom. The minimum Gasteiger partial charge on any atom is -0.299 e. The molecular weight excluding hydrogens is 202 g/mol. The largest absolute Gasteiger partial charge is 0.299 e. The highest BCUT2D eigenvalue weighted by Crippen LogP contribution is 2.74. The van der Waals surface area contributed by atoms with Crippen LogP contribution in [-0.2, 0) is 11.3 Å². The molecule has 3 aliphatic rings. The van der Waals surface area contributed by atoms with Gasteiger partial charge in [-0.2, -0.15) is 10.4 Å². The maximum absolute atomic E-state index is 11.4. The van der Waals surface area contributed by atoms with Gasteiger partial charge < -0.3 is 0 Å². The molecule has 4 heteroatoms. The maximum atomic E-state index is 11.4. The predicted octanol–water partition coefficient (Wildman–Crippen LogP) is 1.51. The quantitative estimate of drug-likeness (QED) is 0.768. The average molecular weight is 215 g/mol. The van der Waals surface area contributed by atoms with Crippen molar-refractivity contribution in [2.45, 2.75) is 32.7 Å². The molecular formula is C12H13N3O. The van der Waals surface area contributed by atoms with Crippen molar-refractivity contribution in [3.05, 3.63) is 18.0 Å². The molecule has 1 aromatic heterocycles. The van der Waals surface area contributed by atoms with Gasteiger partial charge in [0.1, 0.15) is 11.9 Å². The van der Waals surface area contributed by atoms with Crippen LogP contribution in [0.4, 0.5) is 0 Å². The van der Waals surface area contributed by atoms with Gasteiger partial charge >= 0.3 is 0 Å². The lowest BCUT2D eigenvalue weighted by atomic mass is 9.34. The van der Waals surface area contributed by atoms with E-state index in [1.165, 1.54) is 0 Å². The molecule has 0 aliphatic heterocycles. The standard InChI is InChI=1S/C12H13N3O/c1-9(16)12-5-11(6-12,7-12)8-15-4-10(2-13)3-14-15/h3-4H,5-8H2,1H3. The lowest BCUT2D eigenvalue weighted by Crippen LogP contribution is -2.66. The van der Waals surface area contributed by atoms with Gasteiger partial charge in [0.15, 0.2) is 0 Å². The van der Waals surface area contributed by atoms with E-state index in [4.69, 9.17) is 5.26 Å². The van der Waals surface area contributed by atoms with E-state index in [2.05, 4.69) is 11.2 Å². The van der Waals surface area contributed by atoms with Gasteiger partial charge in [0.25, 0.3) is 0 Å². The number of Topliss-reactive ketones (excluding diaryl/α,β-unsaturated/α-hetero) is 1. The van der Waals surface area contributed by atoms with Gasteiger partial charge in [-0.15, -0.1) is 0 Å². The summed E-state index contributed by atoms with van der Waals surface area (Å²) in [6.07, 6.45) is 6.40. The molecule has 4 rings (SSSR count). The van der Waals surface area contributed by atoms with Crippen LogP contribution in [0.5, 0.6) is 0 Å². The van der Waals surface area contributed by atoms with Crippen LogP contribution in [-0.4, -0.2) is 15.6 Å². The molecule has 3 aliphatic carbocycles. The fourth-order valence-corrected chi connectivity index (χ4v) is 3.39. The molecule has 0 N–H and O–H groups in total. The molecule has 0 radical (unpaired) electrons. The fraction of sp³-hybridized carbons (Fsp3) is 0.583. The summed E-state index contributed by atoms with van der Waals surface area (Å²) in [4.78, 5) is 11.4. The van der Waals surface area contributed by atoms with Crippen molar-refractivity contribution in [1.82, 2.24) is 9.78 Å². The average Bonchev–Trinajstić information content (AvgIpc) is 2.55. The van der Waals surface area contributed by atoms with Crippen molar-refractivity contribution in [3.63, 3.8) is 0 Å². The third-order valence-corrected chi connectivity index (χ3v) is 4.15. The second-order valence-corrected chi connectivity index (χ2v) is 5.41. The molecule has 0 spiro atoms. The van der Waals surface area contributed by atoms with E-state index in [1.807, 2.05) is 4.68 Å². The van der Waals surface area contributed by atoms with Gasteiger partial charge in [0.05, 0.1) is 11.8 Å². The SMILES string of the molecule is CC(=O)C12CC(Cn3cc(C#N)cn3)(C1)C2. The highest BCUT2D eigenvalue weighted by Gasteiger charge is 2.69. The number of hydrogen-bond donors (Lipinski definition) is 0. The highest BCUT2D eigenvalue weighted by atomic mass is 16.1. The van der Waals surface area contributed by atoms with E-state index in [-0.39, 0.29) is 5.41 Å². The Labute approximate surface area is 93.9 Å². The second-order valence-electron chi connectivity index (χ2n) is 5.41. The van der Waals surface area contributed by atoms with E-state index in [0.717, 1.165) is 25.8 Å². The smallest absolute Gasteiger partial charge is 0.136 e. The minimum absolute atomic E-state index is 0.0191. The van der Waals surface area contributed by atoms with Gasteiger partial charge in [-0.25, -0.2) is 0 Å². The van der Waals surface area contributed by atoms with Crippen LogP contribution < -0.4 is 0 Å². The number of nitrogens with zero attached hydrogens (tertiary/aromatic N) is 3. The van der Waals surface area contributed by atoms with E-state index >= 15 is 0 Å². The summed E-state index contributed by atoms with van der Waals surface area (Å²) in [7, 11) is 0. The van der Waals surface area contributed by atoms with Crippen LogP contribution in [0.3, 0.4) is 0 Å².